The highest BCUT2D eigenvalue weighted by Gasteiger charge is 2.12. The Morgan fingerprint density at radius 3 is 2.43 bits per heavy atom. The number of thiophene rings is 1. The molecule has 0 aliphatic rings. The minimum Gasteiger partial charge on any atom is -0.135 e. The van der Waals surface area contributed by atoms with Crippen molar-refractivity contribution >= 4 is 59.1 Å². The van der Waals surface area contributed by atoms with Gasteiger partial charge in [0.1, 0.15) is 0 Å². The van der Waals surface area contributed by atoms with Gasteiger partial charge in [-0.1, -0.05) is 73.3 Å². The molecule has 0 saturated carbocycles. The van der Waals surface area contributed by atoms with Crippen LogP contribution in [-0.4, -0.2) is 0 Å². The van der Waals surface area contributed by atoms with Crippen molar-refractivity contribution in [3.8, 4) is 0 Å². The third kappa shape index (κ3) is 1.71. The molecule has 0 saturated heterocycles. The number of rotatable bonds is 1. The Balaban J connectivity index is 2.11. The number of hydrogen-bond acceptors (Lipinski definition) is 1. The van der Waals surface area contributed by atoms with Gasteiger partial charge in [0.2, 0.25) is 0 Å². The van der Waals surface area contributed by atoms with Crippen LogP contribution in [0.25, 0.3) is 47.8 Å². The lowest BCUT2D eigenvalue weighted by Gasteiger charge is -2.05. The molecule has 0 amide bonds. The summed E-state index contributed by atoms with van der Waals surface area (Å²) in [5.74, 6) is 0. The largest absolute Gasteiger partial charge is 0.135 e. The van der Waals surface area contributed by atoms with Gasteiger partial charge >= 0.3 is 0 Å². The van der Waals surface area contributed by atoms with Gasteiger partial charge in [0.25, 0.3) is 0 Å². The molecule has 1 heteroatoms. The summed E-state index contributed by atoms with van der Waals surface area (Å²) in [6, 6.07) is 24.1. The van der Waals surface area contributed by atoms with Crippen LogP contribution in [-0.2, 0) is 0 Å². The molecular formula is C22H14S. The normalized spacial score (nSPS) is 11.7. The Kier molecular flexibility index (Phi) is 2.61. The average Bonchev–Trinajstić information content (AvgIpc) is 3.00. The Morgan fingerprint density at radius 2 is 1.52 bits per heavy atom. The first kappa shape index (κ1) is 12.9. The number of fused-ring (bicyclic) bond motifs is 7. The predicted octanol–water partition coefficient (Wildman–Crippen LogP) is 7.00. The van der Waals surface area contributed by atoms with Crippen LogP contribution < -0.4 is 0 Å². The van der Waals surface area contributed by atoms with Gasteiger partial charge in [0.15, 0.2) is 0 Å². The van der Waals surface area contributed by atoms with Gasteiger partial charge in [-0.15, -0.1) is 11.3 Å². The lowest BCUT2D eigenvalue weighted by atomic mass is 9.98. The second-order valence-corrected chi connectivity index (χ2v) is 6.91. The van der Waals surface area contributed by atoms with Crippen LogP contribution in [0.2, 0.25) is 0 Å². The van der Waals surface area contributed by atoms with Crippen molar-refractivity contribution in [2.45, 2.75) is 0 Å². The van der Waals surface area contributed by atoms with E-state index < -0.39 is 0 Å². The van der Waals surface area contributed by atoms with Crippen LogP contribution in [0.5, 0.6) is 0 Å². The quantitative estimate of drug-likeness (QED) is 0.312. The van der Waals surface area contributed by atoms with Crippen molar-refractivity contribution in [1.82, 2.24) is 0 Å². The number of benzene rings is 4. The third-order valence-corrected chi connectivity index (χ3v) is 5.82. The van der Waals surface area contributed by atoms with Crippen LogP contribution >= 0.6 is 11.3 Å². The first-order valence-corrected chi connectivity index (χ1v) is 8.56. The minimum absolute atomic E-state index is 1.21. The van der Waals surface area contributed by atoms with Crippen molar-refractivity contribution in [2.24, 2.45) is 0 Å². The Hall–Kier alpha value is -2.64. The maximum absolute atomic E-state index is 4.01. The van der Waals surface area contributed by atoms with Crippen molar-refractivity contribution < 1.29 is 0 Å². The highest BCUT2D eigenvalue weighted by Crippen LogP contribution is 2.42. The molecule has 23 heavy (non-hydrogen) atoms. The van der Waals surface area contributed by atoms with Crippen LogP contribution in [0.4, 0.5) is 0 Å². The molecule has 5 rings (SSSR count). The Morgan fingerprint density at radius 1 is 0.696 bits per heavy atom. The topological polar surface area (TPSA) is 0 Å². The van der Waals surface area contributed by atoms with Crippen molar-refractivity contribution in [3.63, 3.8) is 0 Å². The molecule has 0 radical (unpaired) electrons. The maximum atomic E-state index is 4.01. The molecule has 0 nitrogen and oxygen atoms in total. The van der Waals surface area contributed by atoms with Gasteiger partial charge in [-0.05, 0) is 33.2 Å². The van der Waals surface area contributed by atoms with E-state index in [0.29, 0.717) is 0 Å². The smallest absolute Gasteiger partial charge is 0.0434 e. The van der Waals surface area contributed by atoms with Gasteiger partial charge in [-0.3, -0.25) is 0 Å². The van der Waals surface area contributed by atoms with Crippen molar-refractivity contribution in [1.29, 1.82) is 0 Å². The summed E-state index contributed by atoms with van der Waals surface area (Å²) in [6.45, 7) is 4.01. The summed E-state index contributed by atoms with van der Waals surface area (Å²) in [5.41, 5.74) is 1.21. The molecule has 0 fully saturated rings. The van der Waals surface area contributed by atoms with E-state index in [4.69, 9.17) is 0 Å². The summed E-state index contributed by atoms with van der Waals surface area (Å²) in [4.78, 5) is 0. The maximum Gasteiger partial charge on any atom is 0.0434 e. The molecule has 0 unspecified atom stereocenters. The van der Waals surface area contributed by atoms with Crippen LogP contribution in [0.15, 0.2) is 73.3 Å². The van der Waals surface area contributed by atoms with E-state index in [0.717, 1.165) is 0 Å². The van der Waals surface area contributed by atoms with E-state index in [1.165, 1.54) is 47.3 Å². The van der Waals surface area contributed by atoms with Crippen LogP contribution in [0, 0.1) is 0 Å². The predicted molar refractivity (Wildman–Crippen MR) is 104 cm³/mol. The van der Waals surface area contributed by atoms with E-state index in [2.05, 4.69) is 73.3 Å². The summed E-state index contributed by atoms with van der Waals surface area (Å²) in [5, 5.41) is 7.96. The summed E-state index contributed by atoms with van der Waals surface area (Å²) in [7, 11) is 0. The molecule has 0 bridgehead atoms. The second-order valence-electron chi connectivity index (χ2n) is 5.85. The lowest BCUT2D eigenvalue weighted by molar-refractivity contribution is 1.77. The minimum atomic E-state index is 1.21. The third-order valence-electron chi connectivity index (χ3n) is 4.62. The molecule has 1 aromatic heterocycles. The SMILES string of the molecule is C=Cc1cccc2ccc3sc4c5ccccc5ccc4c3c12. The zero-order valence-electron chi connectivity index (χ0n) is 12.5. The molecule has 1 heterocycles. The zero-order chi connectivity index (χ0) is 15.4. The van der Waals surface area contributed by atoms with E-state index >= 15 is 0 Å². The van der Waals surface area contributed by atoms with E-state index in [1.807, 2.05) is 17.4 Å². The van der Waals surface area contributed by atoms with Crippen molar-refractivity contribution in [2.75, 3.05) is 0 Å². The fourth-order valence-electron chi connectivity index (χ4n) is 3.57. The van der Waals surface area contributed by atoms with Gasteiger partial charge in [0, 0.05) is 20.2 Å². The van der Waals surface area contributed by atoms with Crippen molar-refractivity contribution in [3.05, 3.63) is 78.9 Å². The molecule has 108 valence electrons. The highest BCUT2D eigenvalue weighted by atomic mass is 32.1. The summed E-state index contributed by atoms with van der Waals surface area (Å²) >= 11 is 1.89. The summed E-state index contributed by atoms with van der Waals surface area (Å²) in [6.07, 6.45) is 1.96. The Bertz CT molecular complexity index is 1220. The van der Waals surface area contributed by atoms with E-state index in [9.17, 15) is 0 Å². The standard InChI is InChI=1S/C22H14S/c1-2-14-7-5-8-16-11-13-19-21(20(14)16)18-12-10-15-6-3-4-9-17(15)22(18)23-19/h2-13H,1H2. The molecule has 5 aromatic rings. The fraction of sp³-hybridized carbons (Fsp3) is 0. The molecule has 0 aliphatic carbocycles. The average molecular weight is 310 g/mol. The fourth-order valence-corrected chi connectivity index (χ4v) is 4.82. The van der Waals surface area contributed by atoms with Gasteiger partial charge in [0.05, 0.1) is 0 Å². The zero-order valence-corrected chi connectivity index (χ0v) is 13.4. The van der Waals surface area contributed by atoms with E-state index in [-0.39, 0.29) is 0 Å². The van der Waals surface area contributed by atoms with Crippen LogP contribution in [0.3, 0.4) is 0 Å². The molecular weight excluding hydrogens is 296 g/mol. The summed E-state index contributed by atoms with van der Waals surface area (Å²) < 4.78 is 2.72. The molecule has 0 aliphatic heterocycles. The number of hydrogen-bond donors (Lipinski definition) is 0. The van der Waals surface area contributed by atoms with Gasteiger partial charge in [-0.25, -0.2) is 0 Å². The Labute approximate surface area is 138 Å². The van der Waals surface area contributed by atoms with Crippen LogP contribution in [0.1, 0.15) is 5.56 Å². The van der Waals surface area contributed by atoms with Gasteiger partial charge in [-0.2, -0.15) is 0 Å². The molecule has 0 atom stereocenters. The molecule has 0 N–H and O–H groups in total. The van der Waals surface area contributed by atoms with E-state index in [1.54, 1.807) is 0 Å². The lowest BCUT2D eigenvalue weighted by Crippen LogP contribution is -1.79. The highest BCUT2D eigenvalue weighted by molar-refractivity contribution is 7.26. The first-order valence-electron chi connectivity index (χ1n) is 7.75. The molecule has 4 aromatic carbocycles. The molecule has 0 spiro atoms. The first-order chi connectivity index (χ1) is 11.4. The monoisotopic (exact) mass is 310 g/mol. The second kappa shape index (κ2) is 4.68. The van der Waals surface area contributed by atoms with Gasteiger partial charge < -0.3 is 0 Å².